The molecule has 0 saturated carbocycles. The molecule has 3 rings (SSSR count). The Morgan fingerprint density at radius 3 is 2.68 bits per heavy atom. The summed E-state index contributed by atoms with van der Waals surface area (Å²) >= 11 is 5.23. The fourth-order valence-corrected chi connectivity index (χ4v) is 2.29. The maximum Gasteiger partial charge on any atom is 0.216 e. The molecule has 0 aliphatic carbocycles. The van der Waals surface area contributed by atoms with Crippen molar-refractivity contribution in [3.05, 3.63) is 64.4 Å². The second-order valence-electron chi connectivity index (χ2n) is 4.78. The van der Waals surface area contributed by atoms with Gasteiger partial charge in [-0.05, 0) is 36.8 Å². The van der Waals surface area contributed by atoms with Gasteiger partial charge in [0.25, 0.3) is 0 Å². The summed E-state index contributed by atoms with van der Waals surface area (Å²) < 4.78 is 1.94. The number of aryl methyl sites for hydroxylation is 1. The van der Waals surface area contributed by atoms with Gasteiger partial charge in [-0.25, -0.2) is 5.10 Å². The summed E-state index contributed by atoms with van der Waals surface area (Å²) in [6.07, 6.45) is 1.56. The maximum atomic E-state index is 9.79. The summed E-state index contributed by atoms with van der Waals surface area (Å²) in [4.78, 5) is 0. The number of hydrogen-bond acceptors (Lipinski definition) is 4. The van der Waals surface area contributed by atoms with Crippen molar-refractivity contribution in [2.45, 2.75) is 6.92 Å². The van der Waals surface area contributed by atoms with Crippen LogP contribution in [0, 0.1) is 11.7 Å². The highest BCUT2D eigenvalue weighted by Gasteiger charge is 2.10. The molecule has 5 nitrogen and oxygen atoms in total. The van der Waals surface area contributed by atoms with E-state index in [0.29, 0.717) is 16.2 Å². The van der Waals surface area contributed by atoms with E-state index < -0.39 is 0 Å². The van der Waals surface area contributed by atoms with Crippen LogP contribution in [0.5, 0.6) is 5.75 Å². The average Bonchev–Trinajstić information content (AvgIpc) is 2.88. The van der Waals surface area contributed by atoms with E-state index in [2.05, 4.69) is 15.3 Å². The van der Waals surface area contributed by atoms with E-state index in [0.717, 1.165) is 11.1 Å². The number of aromatic nitrogens is 3. The van der Waals surface area contributed by atoms with Gasteiger partial charge in [-0.15, -0.1) is 0 Å². The minimum absolute atomic E-state index is 0.165. The molecule has 0 atom stereocenters. The average molecular weight is 310 g/mol. The van der Waals surface area contributed by atoms with Gasteiger partial charge in [0.05, 0.1) is 6.21 Å². The van der Waals surface area contributed by atoms with Crippen LogP contribution in [0.1, 0.15) is 11.1 Å². The molecule has 1 heterocycles. The van der Waals surface area contributed by atoms with Crippen molar-refractivity contribution in [1.82, 2.24) is 14.9 Å². The van der Waals surface area contributed by atoms with Gasteiger partial charge in [-0.1, -0.05) is 36.4 Å². The van der Waals surface area contributed by atoms with Crippen molar-refractivity contribution in [3.8, 4) is 17.1 Å². The highest BCUT2D eigenvalue weighted by Crippen LogP contribution is 2.21. The standard InChI is InChI=1S/C16H14N4OS/c1-11-6-2-4-8-13(11)15-18-19-16(22)20(15)17-10-12-7-3-5-9-14(12)21/h2-10,21H,1H3,(H,19,22)/b17-10+. The van der Waals surface area contributed by atoms with Crippen LogP contribution in [0.3, 0.4) is 0 Å². The Morgan fingerprint density at radius 1 is 1.18 bits per heavy atom. The van der Waals surface area contributed by atoms with Gasteiger partial charge < -0.3 is 5.11 Å². The molecular weight excluding hydrogens is 296 g/mol. The molecule has 0 aliphatic heterocycles. The van der Waals surface area contributed by atoms with E-state index in [-0.39, 0.29) is 5.75 Å². The van der Waals surface area contributed by atoms with Crippen molar-refractivity contribution >= 4 is 18.4 Å². The van der Waals surface area contributed by atoms with E-state index >= 15 is 0 Å². The third-order valence-corrected chi connectivity index (χ3v) is 3.55. The number of H-pyrrole nitrogens is 1. The first-order valence-electron chi connectivity index (χ1n) is 6.72. The zero-order valence-corrected chi connectivity index (χ0v) is 12.7. The zero-order chi connectivity index (χ0) is 15.5. The lowest BCUT2D eigenvalue weighted by atomic mass is 10.1. The molecule has 0 radical (unpaired) electrons. The molecule has 0 bridgehead atoms. The molecular formula is C16H14N4OS. The fraction of sp³-hybridized carbons (Fsp3) is 0.0625. The SMILES string of the molecule is Cc1ccccc1-c1n[nH]c(=S)n1/N=C/c1ccccc1O. The van der Waals surface area contributed by atoms with Crippen molar-refractivity contribution in [1.29, 1.82) is 0 Å². The van der Waals surface area contributed by atoms with E-state index in [1.54, 1.807) is 29.1 Å². The number of phenols is 1. The van der Waals surface area contributed by atoms with E-state index in [9.17, 15) is 5.11 Å². The Balaban J connectivity index is 2.06. The third kappa shape index (κ3) is 2.68. The number of phenolic OH excluding ortho intramolecular Hbond substituents is 1. The number of para-hydroxylation sites is 1. The van der Waals surface area contributed by atoms with Crippen LogP contribution in [-0.4, -0.2) is 26.2 Å². The molecule has 6 heteroatoms. The minimum Gasteiger partial charge on any atom is -0.507 e. The molecule has 0 unspecified atom stereocenters. The van der Waals surface area contributed by atoms with Crippen LogP contribution in [0.15, 0.2) is 53.6 Å². The molecule has 0 spiro atoms. The van der Waals surface area contributed by atoms with Crippen molar-refractivity contribution in [2.24, 2.45) is 5.10 Å². The summed E-state index contributed by atoms with van der Waals surface area (Å²) in [5.74, 6) is 0.800. The Kier molecular flexibility index (Phi) is 3.84. The molecule has 0 amide bonds. The normalized spacial score (nSPS) is 11.1. The van der Waals surface area contributed by atoms with Crippen LogP contribution in [-0.2, 0) is 0 Å². The van der Waals surface area contributed by atoms with Gasteiger partial charge in [0, 0.05) is 11.1 Å². The maximum absolute atomic E-state index is 9.79. The summed E-state index contributed by atoms with van der Waals surface area (Å²) in [6, 6.07) is 14.9. The molecule has 2 aromatic carbocycles. The monoisotopic (exact) mass is 310 g/mol. The predicted octanol–water partition coefficient (Wildman–Crippen LogP) is 3.50. The number of rotatable bonds is 3. The van der Waals surface area contributed by atoms with Crippen LogP contribution in [0.4, 0.5) is 0 Å². The molecule has 3 aromatic rings. The summed E-state index contributed by atoms with van der Waals surface area (Å²) in [5, 5.41) is 21.1. The molecule has 110 valence electrons. The third-order valence-electron chi connectivity index (χ3n) is 3.29. The number of hydrogen-bond donors (Lipinski definition) is 2. The Bertz CT molecular complexity index is 895. The summed E-state index contributed by atoms with van der Waals surface area (Å²) in [6.45, 7) is 2.00. The topological polar surface area (TPSA) is 66.2 Å². The van der Waals surface area contributed by atoms with Crippen LogP contribution in [0.2, 0.25) is 0 Å². The first kappa shape index (κ1) is 14.2. The summed E-state index contributed by atoms with van der Waals surface area (Å²) in [7, 11) is 0. The molecule has 0 fully saturated rings. The van der Waals surface area contributed by atoms with Crippen LogP contribution < -0.4 is 0 Å². The first-order valence-corrected chi connectivity index (χ1v) is 7.13. The largest absolute Gasteiger partial charge is 0.507 e. The fourth-order valence-electron chi connectivity index (χ4n) is 2.11. The highest BCUT2D eigenvalue weighted by atomic mass is 32.1. The van der Waals surface area contributed by atoms with Crippen molar-refractivity contribution in [2.75, 3.05) is 0 Å². The van der Waals surface area contributed by atoms with Gasteiger partial charge in [0.2, 0.25) is 4.77 Å². The predicted molar refractivity (Wildman–Crippen MR) is 88.7 cm³/mol. The van der Waals surface area contributed by atoms with Gasteiger partial charge in [-0.2, -0.15) is 14.9 Å². The van der Waals surface area contributed by atoms with E-state index in [4.69, 9.17) is 12.2 Å². The zero-order valence-electron chi connectivity index (χ0n) is 11.9. The molecule has 0 saturated heterocycles. The lowest BCUT2D eigenvalue weighted by Crippen LogP contribution is -1.96. The number of benzene rings is 2. The van der Waals surface area contributed by atoms with Gasteiger partial charge >= 0.3 is 0 Å². The smallest absolute Gasteiger partial charge is 0.216 e. The second kappa shape index (κ2) is 5.95. The van der Waals surface area contributed by atoms with Crippen LogP contribution >= 0.6 is 12.2 Å². The van der Waals surface area contributed by atoms with Crippen LogP contribution in [0.25, 0.3) is 11.4 Å². The Hall–Kier alpha value is -2.73. The molecule has 22 heavy (non-hydrogen) atoms. The quantitative estimate of drug-likeness (QED) is 0.575. The van der Waals surface area contributed by atoms with Gasteiger partial charge in [0.15, 0.2) is 5.82 Å². The molecule has 1 aromatic heterocycles. The van der Waals surface area contributed by atoms with E-state index in [1.165, 1.54) is 0 Å². The van der Waals surface area contributed by atoms with E-state index in [1.807, 2.05) is 37.3 Å². The number of aromatic hydroxyl groups is 1. The number of aromatic amines is 1. The number of nitrogens with one attached hydrogen (secondary N) is 1. The highest BCUT2D eigenvalue weighted by molar-refractivity contribution is 7.71. The lowest BCUT2D eigenvalue weighted by molar-refractivity contribution is 0.474. The Labute approximate surface area is 132 Å². The molecule has 0 aliphatic rings. The molecule has 2 N–H and O–H groups in total. The Morgan fingerprint density at radius 2 is 1.91 bits per heavy atom. The van der Waals surface area contributed by atoms with Gasteiger partial charge in [-0.3, -0.25) is 0 Å². The van der Waals surface area contributed by atoms with Crippen molar-refractivity contribution < 1.29 is 5.11 Å². The first-order chi connectivity index (χ1) is 10.7. The number of nitrogens with zero attached hydrogens (tertiary/aromatic N) is 3. The second-order valence-corrected chi connectivity index (χ2v) is 5.17. The minimum atomic E-state index is 0.165. The summed E-state index contributed by atoms with van der Waals surface area (Å²) in [5.41, 5.74) is 2.64. The van der Waals surface area contributed by atoms with Gasteiger partial charge in [0.1, 0.15) is 5.75 Å². The van der Waals surface area contributed by atoms with Crippen molar-refractivity contribution in [3.63, 3.8) is 0 Å². The lowest BCUT2D eigenvalue weighted by Gasteiger charge is -2.04.